The van der Waals surface area contributed by atoms with Crippen molar-refractivity contribution in [1.29, 1.82) is 0 Å². The monoisotopic (exact) mass is 545 g/mol. The molecule has 1 aliphatic rings. The Hall–Kier alpha value is -3.89. The predicted molar refractivity (Wildman–Crippen MR) is 150 cm³/mol. The second-order valence-electron chi connectivity index (χ2n) is 10.1. The van der Waals surface area contributed by atoms with Crippen molar-refractivity contribution < 1.29 is 18.3 Å². The quantitative estimate of drug-likeness (QED) is 0.360. The molecule has 0 radical (unpaired) electrons. The summed E-state index contributed by atoms with van der Waals surface area (Å²) in [5, 5.41) is 14.3. The number of hydrogen-bond acceptors (Lipinski definition) is 8. The van der Waals surface area contributed by atoms with Gasteiger partial charge in [0.2, 0.25) is 0 Å². The molecule has 10 heteroatoms. The highest BCUT2D eigenvalue weighted by Crippen LogP contribution is 2.29. The second kappa shape index (κ2) is 10.3. The lowest BCUT2D eigenvalue weighted by atomic mass is 10.0. The van der Waals surface area contributed by atoms with E-state index in [1.165, 1.54) is 6.07 Å². The summed E-state index contributed by atoms with van der Waals surface area (Å²) >= 11 is 0. The van der Waals surface area contributed by atoms with E-state index in [2.05, 4.69) is 15.2 Å². The maximum Gasteiger partial charge on any atom is 0.251 e. The first-order valence-electron chi connectivity index (χ1n) is 12.8. The molecule has 202 valence electrons. The SMILES string of the molecule is CCC1(O)CCN(c2cccc(-c3ccc4cnc(CNC(=O)c5ccc(C)c(S(C)(=O)=O)c5)cc4n3)n2)C1. The number of carbonyl (C=O) groups excluding carboxylic acids is 1. The van der Waals surface area contributed by atoms with E-state index >= 15 is 0 Å². The Morgan fingerprint density at radius 2 is 1.90 bits per heavy atom. The minimum atomic E-state index is -3.44. The van der Waals surface area contributed by atoms with Gasteiger partial charge in [-0.25, -0.2) is 18.4 Å². The lowest BCUT2D eigenvalue weighted by Gasteiger charge is -2.22. The van der Waals surface area contributed by atoms with E-state index < -0.39 is 15.4 Å². The Balaban J connectivity index is 1.34. The molecule has 1 aromatic carbocycles. The van der Waals surface area contributed by atoms with E-state index in [0.29, 0.717) is 29.9 Å². The molecule has 1 unspecified atom stereocenters. The fraction of sp³-hybridized carbons (Fsp3) is 0.310. The number of carbonyl (C=O) groups is 1. The molecule has 9 nitrogen and oxygen atoms in total. The number of pyridine rings is 3. The maximum atomic E-state index is 12.7. The van der Waals surface area contributed by atoms with Gasteiger partial charge in [-0.1, -0.05) is 19.1 Å². The van der Waals surface area contributed by atoms with Crippen molar-refractivity contribution in [2.45, 2.75) is 43.7 Å². The molecule has 0 spiro atoms. The van der Waals surface area contributed by atoms with E-state index in [1.807, 2.05) is 43.3 Å². The summed E-state index contributed by atoms with van der Waals surface area (Å²) in [5.74, 6) is 0.424. The lowest BCUT2D eigenvalue weighted by molar-refractivity contribution is 0.0593. The van der Waals surface area contributed by atoms with Gasteiger partial charge in [0, 0.05) is 36.5 Å². The van der Waals surface area contributed by atoms with Crippen LogP contribution in [0, 0.1) is 6.92 Å². The summed E-state index contributed by atoms with van der Waals surface area (Å²) < 4.78 is 24.0. The number of aliphatic hydroxyl groups is 1. The van der Waals surface area contributed by atoms with Gasteiger partial charge >= 0.3 is 0 Å². The maximum absolute atomic E-state index is 12.7. The first kappa shape index (κ1) is 26.7. The molecule has 4 aromatic rings. The van der Waals surface area contributed by atoms with Crippen LogP contribution in [0.1, 0.15) is 41.4 Å². The number of nitrogens with zero attached hydrogens (tertiary/aromatic N) is 4. The van der Waals surface area contributed by atoms with Crippen molar-refractivity contribution in [3.8, 4) is 11.4 Å². The van der Waals surface area contributed by atoms with Crippen LogP contribution in [0.4, 0.5) is 5.82 Å². The Morgan fingerprint density at radius 3 is 2.64 bits per heavy atom. The van der Waals surface area contributed by atoms with Gasteiger partial charge < -0.3 is 15.3 Å². The van der Waals surface area contributed by atoms with Crippen LogP contribution in [0.3, 0.4) is 0 Å². The lowest BCUT2D eigenvalue weighted by Crippen LogP contribution is -2.32. The van der Waals surface area contributed by atoms with E-state index in [4.69, 9.17) is 9.97 Å². The molecule has 0 aliphatic carbocycles. The number of rotatable bonds is 7. The van der Waals surface area contributed by atoms with Crippen LogP contribution >= 0.6 is 0 Å². The number of β-amino-alcohol motifs (C(OH)–C–C–N with tert-alkyl or cyclic N) is 1. The summed E-state index contributed by atoms with van der Waals surface area (Å²) in [5.41, 5.74) is 2.97. The molecule has 3 aromatic heterocycles. The highest BCUT2D eigenvalue weighted by Gasteiger charge is 2.34. The average molecular weight is 546 g/mol. The van der Waals surface area contributed by atoms with Gasteiger partial charge in [0.1, 0.15) is 5.82 Å². The van der Waals surface area contributed by atoms with E-state index in [-0.39, 0.29) is 22.9 Å². The Kier molecular flexibility index (Phi) is 7.09. The normalized spacial score (nSPS) is 17.5. The van der Waals surface area contributed by atoms with Gasteiger partial charge in [-0.15, -0.1) is 0 Å². The summed E-state index contributed by atoms with van der Waals surface area (Å²) in [6.07, 6.45) is 4.26. The topological polar surface area (TPSA) is 125 Å². The number of hydrogen-bond donors (Lipinski definition) is 2. The molecule has 4 heterocycles. The first-order chi connectivity index (χ1) is 18.5. The molecular weight excluding hydrogens is 514 g/mol. The Bertz CT molecular complexity index is 1670. The van der Waals surface area contributed by atoms with Gasteiger partial charge in [0.25, 0.3) is 5.91 Å². The molecule has 1 fully saturated rings. The van der Waals surface area contributed by atoms with Crippen molar-refractivity contribution in [2.75, 3.05) is 24.2 Å². The third-order valence-corrected chi connectivity index (χ3v) is 8.46. The number of fused-ring (bicyclic) bond motifs is 1. The Morgan fingerprint density at radius 1 is 1.10 bits per heavy atom. The minimum Gasteiger partial charge on any atom is -0.388 e. The van der Waals surface area contributed by atoms with Crippen LogP contribution in [0.25, 0.3) is 22.3 Å². The van der Waals surface area contributed by atoms with Crippen LogP contribution < -0.4 is 10.2 Å². The van der Waals surface area contributed by atoms with Gasteiger partial charge in [0.15, 0.2) is 9.84 Å². The van der Waals surface area contributed by atoms with Crippen LogP contribution in [-0.4, -0.2) is 59.3 Å². The third-order valence-electron chi connectivity index (χ3n) is 7.22. The predicted octanol–water partition coefficient (Wildman–Crippen LogP) is 3.68. The van der Waals surface area contributed by atoms with Crippen LogP contribution in [0.5, 0.6) is 0 Å². The van der Waals surface area contributed by atoms with Gasteiger partial charge in [-0.05, 0) is 67.8 Å². The van der Waals surface area contributed by atoms with Crippen molar-refractivity contribution in [1.82, 2.24) is 20.3 Å². The largest absolute Gasteiger partial charge is 0.388 e. The molecule has 1 amide bonds. The average Bonchev–Trinajstić information content (AvgIpc) is 3.33. The second-order valence-corrected chi connectivity index (χ2v) is 12.1. The zero-order valence-electron chi connectivity index (χ0n) is 22.2. The molecule has 39 heavy (non-hydrogen) atoms. The Labute approximate surface area is 227 Å². The first-order valence-corrected chi connectivity index (χ1v) is 14.7. The van der Waals surface area contributed by atoms with E-state index in [0.717, 1.165) is 41.6 Å². The van der Waals surface area contributed by atoms with Crippen molar-refractivity contribution in [2.24, 2.45) is 0 Å². The van der Waals surface area contributed by atoms with Crippen molar-refractivity contribution in [3.05, 3.63) is 77.6 Å². The highest BCUT2D eigenvalue weighted by molar-refractivity contribution is 7.90. The molecule has 0 saturated carbocycles. The standard InChI is InChI=1S/C29H31N5O4S/c1-4-29(36)12-13-34(18-29)27-7-5-6-23(33-27)24-11-10-21-16-30-22(15-25(21)32-24)17-31-28(35)20-9-8-19(2)26(14-20)39(3,37)38/h5-11,14-16,36H,4,12-13,17-18H2,1-3H3,(H,31,35). The fourth-order valence-electron chi connectivity index (χ4n) is 4.79. The molecule has 1 atom stereocenters. The van der Waals surface area contributed by atoms with Crippen molar-refractivity contribution in [3.63, 3.8) is 0 Å². The number of benzene rings is 1. The fourth-order valence-corrected chi connectivity index (χ4v) is 5.79. The highest BCUT2D eigenvalue weighted by atomic mass is 32.2. The number of sulfone groups is 1. The number of aromatic nitrogens is 3. The third kappa shape index (κ3) is 5.76. The summed E-state index contributed by atoms with van der Waals surface area (Å²) in [7, 11) is -3.44. The zero-order chi connectivity index (χ0) is 27.8. The van der Waals surface area contributed by atoms with Crippen LogP contribution in [-0.2, 0) is 16.4 Å². The molecule has 1 saturated heterocycles. The summed E-state index contributed by atoms with van der Waals surface area (Å²) in [6.45, 7) is 5.17. The number of aryl methyl sites for hydroxylation is 1. The van der Waals surface area contributed by atoms with E-state index in [1.54, 1.807) is 25.3 Å². The van der Waals surface area contributed by atoms with Crippen LogP contribution in [0.2, 0.25) is 0 Å². The summed E-state index contributed by atoms with van der Waals surface area (Å²) in [6, 6.07) is 16.1. The summed E-state index contributed by atoms with van der Waals surface area (Å²) in [4.78, 5) is 29.0. The molecule has 2 N–H and O–H groups in total. The van der Waals surface area contributed by atoms with Gasteiger partial charge in [-0.3, -0.25) is 9.78 Å². The van der Waals surface area contributed by atoms with Crippen molar-refractivity contribution >= 4 is 32.5 Å². The van der Waals surface area contributed by atoms with Gasteiger partial charge in [-0.2, -0.15) is 0 Å². The number of anilines is 1. The molecule has 1 aliphatic heterocycles. The number of amides is 1. The van der Waals surface area contributed by atoms with Gasteiger partial charge in [0.05, 0.1) is 39.6 Å². The molecule has 5 rings (SSSR count). The van der Waals surface area contributed by atoms with Crippen LogP contribution in [0.15, 0.2) is 65.7 Å². The number of nitrogens with one attached hydrogen (secondary N) is 1. The van der Waals surface area contributed by atoms with E-state index in [9.17, 15) is 18.3 Å². The smallest absolute Gasteiger partial charge is 0.251 e. The zero-order valence-corrected chi connectivity index (χ0v) is 23.0. The minimum absolute atomic E-state index is 0.138. The molecule has 0 bridgehead atoms. The molecular formula is C29H31N5O4S.